The lowest BCUT2D eigenvalue weighted by molar-refractivity contribution is -0.122. The Labute approximate surface area is 128 Å². The van der Waals surface area contributed by atoms with Gasteiger partial charge in [0.05, 0.1) is 5.75 Å². The Bertz CT molecular complexity index is 517. The van der Waals surface area contributed by atoms with Gasteiger partial charge >= 0.3 is 0 Å². The Balaban J connectivity index is 1.32. The van der Waals surface area contributed by atoms with Crippen LogP contribution < -0.4 is 5.32 Å². The molecule has 5 rings (SSSR count). The molecule has 0 saturated heterocycles. The van der Waals surface area contributed by atoms with Gasteiger partial charge in [-0.1, -0.05) is 11.8 Å². The van der Waals surface area contributed by atoms with Gasteiger partial charge in [0.2, 0.25) is 11.8 Å². The van der Waals surface area contributed by atoms with E-state index in [1.807, 2.05) is 0 Å². The number of hydrogen-bond acceptors (Lipinski definition) is 5. The van der Waals surface area contributed by atoms with E-state index in [-0.39, 0.29) is 5.91 Å². The molecule has 21 heavy (non-hydrogen) atoms. The quantitative estimate of drug-likeness (QED) is 0.865. The second-order valence-electron chi connectivity index (χ2n) is 6.90. The van der Waals surface area contributed by atoms with Gasteiger partial charge < -0.3 is 9.73 Å². The fraction of sp³-hybridized carbons (Fsp3) is 0.800. The van der Waals surface area contributed by atoms with Crippen molar-refractivity contribution in [1.82, 2.24) is 15.5 Å². The summed E-state index contributed by atoms with van der Waals surface area (Å²) in [5.41, 5.74) is 0. The first-order chi connectivity index (χ1) is 10.2. The molecule has 1 aromatic heterocycles. The number of aryl methyl sites for hydroxylation is 1. The normalized spacial score (nSPS) is 36.9. The first-order valence-electron chi connectivity index (χ1n) is 7.89. The van der Waals surface area contributed by atoms with Crippen LogP contribution in [-0.4, -0.2) is 27.9 Å². The Hall–Kier alpha value is -1.04. The molecule has 0 spiro atoms. The van der Waals surface area contributed by atoms with Crippen LogP contribution in [0.15, 0.2) is 9.64 Å². The van der Waals surface area contributed by atoms with Gasteiger partial charge in [0.15, 0.2) is 0 Å². The van der Waals surface area contributed by atoms with E-state index < -0.39 is 0 Å². The van der Waals surface area contributed by atoms with Crippen LogP contribution in [-0.2, 0) is 4.79 Å². The van der Waals surface area contributed by atoms with Gasteiger partial charge in [0, 0.05) is 13.0 Å². The van der Waals surface area contributed by atoms with Crippen molar-refractivity contribution in [2.75, 3.05) is 5.75 Å². The van der Waals surface area contributed by atoms with Crippen LogP contribution in [0.2, 0.25) is 0 Å². The summed E-state index contributed by atoms with van der Waals surface area (Å²) in [6.07, 6.45) is 6.75. The van der Waals surface area contributed by atoms with Crippen LogP contribution in [0, 0.1) is 30.6 Å². The molecule has 1 amide bonds. The number of rotatable bonds is 4. The first-order valence-corrected chi connectivity index (χ1v) is 8.88. The molecular formula is C15H21N3O2S. The van der Waals surface area contributed by atoms with Crippen LogP contribution >= 0.6 is 11.8 Å². The molecule has 4 aliphatic carbocycles. The molecule has 0 radical (unpaired) electrons. The molecule has 114 valence electrons. The average molecular weight is 307 g/mol. The second kappa shape index (κ2) is 5.30. The fourth-order valence-corrected chi connectivity index (χ4v) is 5.47. The minimum Gasteiger partial charge on any atom is -0.416 e. The Morgan fingerprint density at radius 2 is 1.86 bits per heavy atom. The molecule has 5 nitrogen and oxygen atoms in total. The third kappa shape index (κ3) is 2.70. The van der Waals surface area contributed by atoms with Gasteiger partial charge in [-0.2, -0.15) is 0 Å². The first kappa shape index (κ1) is 13.6. The molecule has 4 aliphatic rings. The summed E-state index contributed by atoms with van der Waals surface area (Å²) in [7, 11) is 0. The molecule has 6 heteroatoms. The molecule has 1 aromatic rings. The van der Waals surface area contributed by atoms with Crippen molar-refractivity contribution in [3.63, 3.8) is 0 Å². The molecule has 0 unspecified atom stereocenters. The van der Waals surface area contributed by atoms with Crippen molar-refractivity contribution in [2.24, 2.45) is 23.7 Å². The number of carbonyl (C=O) groups is 1. The van der Waals surface area contributed by atoms with E-state index in [1.54, 1.807) is 6.92 Å². The summed E-state index contributed by atoms with van der Waals surface area (Å²) < 4.78 is 5.28. The average Bonchev–Trinajstić information content (AvgIpc) is 2.85. The zero-order chi connectivity index (χ0) is 14.4. The third-order valence-electron chi connectivity index (χ3n) is 5.39. The Kier molecular flexibility index (Phi) is 3.44. The van der Waals surface area contributed by atoms with E-state index in [2.05, 4.69) is 15.5 Å². The number of carbonyl (C=O) groups excluding carboxylic acids is 1. The van der Waals surface area contributed by atoms with E-state index in [0.717, 1.165) is 23.7 Å². The van der Waals surface area contributed by atoms with Crippen molar-refractivity contribution < 1.29 is 9.21 Å². The van der Waals surface area contributed by atoms with Crippen molar-refractivity contribution in [2.45, 2.75) is 50.3 Å². The lowest BCUT2D eigenvalue weighted by Crippen LogP contribution is -2.56. The Morgan fingerprint density at radius 1 is 1.19 bits per heavy atom. The van der Waals surface area contributed by atoms with Gasteiger partial charge in [-0.15, -0.1) is 10.2 Å². The van der Waals surface area contributed by atoms with Gasteiger partial charge in [-0.25, -0.2) is 0 Å². The highest BCUT2D eigenvalue weighted by molar-refractivity contribution is 7.99. The molecule has 4 saturated carbocycles. The largest absolute Gasteiger partial charge is 0.416 e. The highest BCUT2D eigenvalue weighted by Gasteiger charge is 2.48. The fourth-order valence-electron chi connectivity index (χ4n) is 4.85. The van der Waals surface area contributed by atoms with E-state index in [0.29, 0.717) is 22.9 Å². The van der Waals surface area contributed by atoms with Gasteiger partial charge in [0.1, 0.15) is 0 Å². The predicted molar refractivity (Wildman–Crippen MR) is 78.7 cm³/mol. The summed E-state index contributed by atoms with van der Waals surface area (Å²) >= 11 is 1.32. The molecule has 0 aromatic carbocycles. The van der Waals surface area contributed by atoms with Crippen LogP contribution in [0.3, 0.4) is 0 Å². The molecular weight excluding hydrogens is 286 g/mol. The highest BCUT2D eigenvalue weighted by atomic mass is 32.2. The smallest absolute Gasteiger partial charge is 0.277 e. The van der Waals surface area contributed by atoms with E-state index >= 15 is 0 Å². The van der Waals surface area contributed by atoms with Gasteiger partial charge in [-0.3, -0.25) is 4.79 Å². The van der Waals surface area contributed by atoms with Crippen LogP contribution in [0.5, 0.6) is 0 Å². The number of nitrogens with zero attached hydrogens (tertiary/aromatic N) is 2. The molecule has 0 aliphatic heterocycles. The van der Waals surface area contributed by atoms with E-state index in [4.69, 9.17) is 4.42 Å². The number of amides is 1. The zero-order valence-electron chi connectivity index (χ0n) is 12.2. The molecule has 4 fully saturated rings. The number of nitrogens with one attached hydrogen (secondary N) is 1. The predicted octanol–water partition coefficient (Wildman–Crippen LogP) is 2.41. The van der Waals surface area contributed by atoms with Crippen molar-refractivity contribution in [3.05, 3.63) is 5.89 Å². The second-order valence-corrected chi connectivity index (χ2v) is 7.83. The monoisotopic (exact) mass is 307 g/mol. The maximum absolute atomic E-state index is 12.2. The summed E-state index contributed by atoms with van der Waals surface area (Å²) in [6.45, 7) is 1.76. The highest BCUT2D eigenvalue weighted by Crippen LogP contribution is 2.53. The van der Waals surface area contributed by atoms with Crippen molar-refractivity contribution in [3.8, 4) is 0 Å². The lowest BCUT2D eigenvalue weighted by Gasteiger charge is -2.54. The molecule has 1 heterocycles. The van der Waals surface area contributed by atoms with E-state index in [1.165, 1.54) is 43.9 Å². The SMILES string of the molecule is Cc1nnc(SCC(=O)NC2C3CC4CC(C3)CC2C4)o1. The molecule has 4 bridgehead atoms. The maximum atomic E-state index is 12.2. The minimum absolute atomic E-state index is 0.105. The minimum atomic E-state index is 0.105. The summed E-state index contributed by atoms with van der Waals surface area (Å²) in [4.78, 5) is 12.2. The van der Waals surface area contributed by atoms with Gasteiger partial charge in [-0.05, 0) is 55.8 Å². The van der Waals surface area contributed by atoms with Crippen LogP contribution in [0.1, 0.15) is 38.0 Å². The van der Waals surface area contributed by atoms with Crippen LogP contribution in [0.4, 0.5) is 0 Å². The van der Waals surface area contributed by atoms with Crippen molar-refractivity contribution in [1.29, 1.82) is 0 Å². The van der Waals surface area contributed by atoms with Crippen molar-refractivity contribution >= 4 is 17.7 Å². The number of hydrogen-bond donors (Lipinski definition) is 1. The summed E-state index contributed by atoms with van der Waals surface area (Å²) in [5.74, 6) is 4.34. The lowest BCUT2D eigenvalue weighted by atomic mass is 9.54. The third-order valence-corrected chi connectivity index (χ3v) is 6.21. The van der Waals surface area contributed by atoms with E-state index in [9.17, 15) is 4.79 Å². The summed E-state index contributed by atoms with van der Waals surface area (Å²) in [5, 5.41) is 11.4. The maximum Gasteiger partial charge on any atom is 0.277 e. The number of thioether (sulfide) groups is 1. The Morgan fingerprint density at radius 3 is 2.43 bits per heavy atom. The standard InChI is InChI=1S/C15H21N3O2S/c1-8-17-18-15(20-8)21-7-13(19)16-14-11-3-9-2-10(5-11)6-12(14)4-9/h9-12,14H,2-7H2,1H3,(H,16,19). The number of aromatic nitrogens is 2. The summed E-state index contributed by atoms with van der Waals surface area (Å²) in [6, 6.07) is 0.412. The molecule has 0 atom stereocenters. The topological polar surface area (TPSA) is 68.0 Å². The van der Waals surface area contributed by atoms with Crippen LogP contribution in [0.25, 0.3) is 0 Å². The van der Waals surface area contributed by atoms with Gasteiger partial charge in [0.25, 0.3) is 5.22 Å². The zero-order valence-corrected chi connectivity index (χ0v) is 13.1. The molecule has 1 N–H and O–H groups in total.